The minimum atomic E-state index is -0.431. The minimum absolute atomic E-state index is 0.121. The van der Waals surface area contributed by atoms with E-state index in [2.05, 4.69) is 31.0 Å². The molecule has 1 aliphatic rings. The summed E-state index contributed by atoms with van der Waals surface area (Å²) in [5.41, 5.74) is 0.318. The molecule has 25 heavy (non-hydrogen) atoms. The van der Waals surface area contributed by atoms with Crippen LogP contribution < -0.4 is 10.1 Å². The molecular formula is C19H28ClFN2O2. The molecule has 0 unspecified atom stereocenters. The average molecular weight is 371 g/mol. The van der Waals surface area contributed by atoms with Crippen LogP contribution in [-0.2, 0) is 4.79 Å². The van der Waals surface area contributed by atoms with Gasteiger partial charge >= 0.3 is 0 Å². The summed E-state index contributed by atoms with van der Waals surface area (Å²) in [6.45, 7) is 9.63. The van der Waals surface area contributed by atoms with E-state index in [1.54, 1.807) is 0 Å². The summed E-state index contributed by atoms with van der Waals surface area (Å²) in [6, 6.07) is 4.00. The lowest BCUT2D eigenvalue weighted by Crippen LogP contribution is -2.49. The number of likely N-dealkylation sites (tertiary alicyclic amines) is 1. The predicted molar refractivity (Wildman–Crippen MR) is 98.6 cm³/mol. The highest BCUT2D eigenvalue weighted by atomic mass is 35.5. The lowest BCUT2D eigenvalue weighted by Gasteiger charge is -2.34. The zero-order valence-electron chi connectivity index (χ0n) is 15.3. The van der Waals surface area contributed by atoms with Crippen LogP contribution in [0.3, 0.4) is 0 Å². The van der Waals surface area contributed by atoms with Gasteiger partial charge in [0.1, 0.15) is 11.6 Å². The normalized spacial score (nSPS) is 18.8. The number of carbonyl (C=O) groups is 1. The Morgan fingerprint density at radius 3 is 2.88 bits per heavy atom. The summed E-state index contributed by atoms with van der Waals surface area (Å²) >= 11 is 5.89. The first-order chi connectivity index (χ1) is 11.7. The molecule has 140 valence electrons. The Kier molecular flexibility index (Phi) is 7.08. The number of nitrogens with one attached hydrogen (secondary N) is 1. The summed E-state index contributed by atoms with van der Waals surface area (Å²) in [5, 5.41) is 3.19. The van der Waals surface area contributed by atoms with Crippen LogP contribution in [0.5, 0.6) is 5.75 Å². The van der Waals surface area contributed by atoms with Crippen LogP contribution in [0.25, 0.3) is 0 Å². The summed E-state index contributed by atoms with van der Waals surface area (Å²) < 4.78 is 18.4. The van der Waals surface area contributed by atoms with Gasteiger partial charge in [-0.2, -0.15) is 0 Å². The fraction of sp³-hybridized carbons (Fsp3) is 0.632. The van der Waals surface area contributed by atoms with Crippen LogP contribution >= 0.6 is 11.6 Å². The van der Waals surface area contributed by atoms with Gasteiger partial charge in [0, 0.05) is 12.6 Å². The standard InChI is InChI=1S/C19H28ClFN2O2/c1-19(2,3)8-10-23-9-4-5-15(12-23)22-18(24)13-25-17-7-6-14(21)11-16(17)20/h6-7,11,15H,4-5,8-10,12-13H2,1-3H3,(H,22,24)/t15-/m0/s1. The van der Waals surface area contributed by atoms with E-state index >= 15 is 0 Å². The third-order valence-electron chi connectivity index (χ3n) is 4.30. The third-order valence-corrected chi connectivity index (χ3v) is 4.60. The van der Waals surface area contributed by atoms with Gasteiger partial charge in [-0.05, 0) is 56.0 Å². The van der Waals surface area contributed by atoms with Crippen molar-refractivity contribution in [3.63, 3.8) is 0 Å². The van der Waals surface area contributed by atoms with E-state index < -0.39 is 5.82 Å². The monoisotopic (exact) mass is 370 g/mol. The highest BCUT2D eigenvalue weighted by molar-refractivity contribution is 6.32. The highest BCUT2D eigenvalue weighted by Crippen LogP contribution is 2.24. The molecule has 0 spiro atoms. The Bertz CT molecular complexity index is 589. The van der Waals surface area contributed by atoms with Gasteiger partial charge in [0.15, 0.2) is 6.61 Å². The number of halogens is 2. The van der Waals surface area contributed by atoms with Gasteiger partial charge in [-0.3, -0.25) is 4.79 Å². The zero-order chi connectivity index (χ0) is 18.4. The lowest BCUT2D eigenvalue weighted by atomic mass is 9.91. The van der Waals surface area contributed by atoms with Crippen molar-refractivity contribution in [2.45, 2.75) is 46.1 Å². The Morgan fingerprint density at radius 2 is 2.20 bits per heavy atom. The molecule has 6 heteroatoms. The molecule has 1 aromatic carbocycles. The molecular weight excluding hydrogens is 343 g/mol. The van der Waals surface area contributed by atoms with Crippen molar-refractivity contribution in [2.75, 3.05) is 26.2 Å². The number of benzene rings is 1. The fourth-order valence-electron chi connectivity index (χ4n) is 2.87. The Balaban J connectivity index is 1.76. The first-order valence-corrected chi connectivity index (χ1v) is 9.20. The van der Waals surface area contributed by atoms with Gasteiger partial charge in [-0.15, -0.1) is 0 Å². The molecule has 0 radical (unpaired) electrons. The van der Waals surface area contributed by atoms with Crippen LogP contribution in [0, 0.1) is 11.2 Å². The van der Waals surface area contributed by atoms with E-state index in [1.165, 1.54) is 18.2 Å². The summed E-state index contributed by atoms with van der Waals surface area (Å²) in [4.78, 5) is 14.5. The number of piperidine rings is 1. The number of hydrogen-bond acceptors (Lipinski definition) is 3. The van der Waals surface area contributed by atoms with Crippen molar-refractivity contribution >= 4 is 17.5 Å². The van der Waals surface area contributed by atoms with Crippen LogP contribution in [0.4, 0.5) is 4.39 Å². The van der Waals surface area contributed by atoms with E-state index in [-0.39, 0.29) is 23.6 Å². The smallest absolute Gasteiger partial charge is 0.258 e. The molecule has 0 aliphatic carbocycles. The van der Waals surface area contributed by atoms with Gasteiger partial charge < -0.3 is 15.0 Å². The first-order valence-electron chi connectivity index (χ1n) is 8.82. The number of carbonyl (C=O) groups excluding carboxylic acids is 1. The zero-order valence-corrected chi connectivity index (χ0v) is 16.0. The summed E-state index contributed by atoms with van der Waals surface area (Å²) in [6.07, 6.45) is 3.20. The first kappa shape index (κ1) is 20.0. The highest BCUT2D eigenvalue weighted by Gasteiger charge is 2.22. The fourth-order valence-corrected chi connectivity index (χ4v) is 3.10. The van der Waals surface area contributed by atoms with Gasteiger partial charge in [0.25, 0.3) is 5.91 Å². The quantitative estimate of drug-likeness (QED) is 0.826. The SMILES string of the molecule is CC(C)(C)CCN1CCC[C@H](NC(=O)COc2ccc(F)cc2Cl)C1. The second-order valence-electron chi connectivity index (χ2n) is 7.88. The Hall–Kier alpha value is -1.33. The van der Waals surface area contributed by atoms with E-state index in [0.717, 1.165) is 38.9 Å². The number of amides is 1. The number of rotatable bonds is 6. The lowest BCUT2D eigenvalue weighted by molar-refractivity contribution is -0.124. The van der Waals surface area contributed by atoms with E-state index in [1.807, 2.05) is 0 Å². The van der Waals surface area contributed by atoms with Crippen molar-refractivity contribution < 1.29 is 13.9 Å². The summed E-state index contributed by atoms with van der Waals surface area (Å²) in [5.74, 6) is -0.295. The van der Waals surface area contributed by atoms with E-state index in [4.69, 9.17) is 16.3 Å². The molecule has 1 N–H and O–H groups in total. The maximum atomic E-state index is 13.0. The Morgan fingerprint density at radius 1 is 1.44 bits per heavy atom. The number of ether oxygens (including phenoxy) is 1. The summed E-state index contributed by atoms with van der Waals surface area (Å²) in [7, 11) is 0. The molecule has 1 atom stereocenters. The molecule has 0 bridgehead atoms. The molecule has 1 aliphatic heterocycles. The molecule has 1 amide bonds. The third kappa shape index (κ3) is 7.20. The maximum Gasteiger partial charge on any atom is 0.258 e. The van der Waals surface area contributed by atoms with Crippen LogP contribution in [0.1, 0.15) is 40.0 Å². The molecule has 0 aromatic heterocycles. The van der Waals surface area contributed by atoms with E-state index in [9.17, 15) is 9.18 Å². The largest absolute Gasteiger partial charge is 0.482 e. The topological polar surface area (TPSA) is 41.6 Å². The van der Waals surface area contributed by atoms with E-state index in [0.29, 0.717) is 11.2 Å². The molecule has 2 rings (SSSR count). The Labute approximate surface area is 154 Å². The molecule has 1 fully saturated rings. The van der Waals surface area contributed by atoms with Crippen molar-refractivity contribution in [3.05, 3.63) is 29.0 Å². The van der Waals surface area contributed by atoms with Crippen LogP contribution in [-0.4, -0.2) is 43.1 Å². The van der Waals surface area contributed by atoms with Crippen LogP contribution in [0.15, 0.2) is 18.2 Å². The van der Waals surface area contributed by atoms with Gasteiger partial charge in [0.2, 0.25) is 0 Å². The van der Waals surface area contributed by atoms with Crippen molar-refractivity contribution in [1.82, 2.24) is 10.2 Å². The van der Waals surface area contributed by atoms with Crippen molar-refractivity contribution in [3.8, 4) is 5.75 Å². The van der Waals surface area contributed by atoms with Gasteiger partial charge in [0.05, 0.1) is 5.02 Å². The van der Waals surface area contributed by atoms with Gasteiger partial charge in [-0.1, -0.05) is 32.4 Å². The van der Waals surface area contributed by atoms with Crippen molar-refractivity contribution in [1.29, 1.82) is 0 Å². The second kappa shape index (κ2) is 8.86. The molecule has 4 nitrogen and oxygen atoms in total. The maximum absolute atomic E-state index is 13.0. The predicted octanol–water partition coefficient (Wildman–Crippen LogP) is 3.87. The molecule has 0 saturated carbocycles. The number of nitrogens with zero attached hydrogens (tertiary/aromatic N) is 1. The second-order valence-corrected chi connectivity index (χ2v) is 8.29. The number of hydrogen-bond donors (Lipinski definition) is 1. The minimum Gasteiger partial charge on any atom is -0.482 e. The average Bonchev–Trinajstić information content (AvgIpc) is 2.52. The molecule has 1 heterocycles. The molecule has 1 aromatic rings. The van der Waals surface area contributed by atoms with Crippen LogP contribution in [0.2, 0.25) is 5.02 Å². The molecule has 1 saturated heterocycles. The van der Waals surface area contributed by atoms with Crippen molar-refractivity contribution in [2.24, 2.45) is 5.41 Å². The van der Waals surface area contributed by atoms with Gasteiger partial charge in [-0.25, -0.2) is 4.39 Å².